The van der Waals surface area contributed by atoms with E-state index < -0.39 is 0 Å². The second kappa shape index (κ2) is 5.93. The number of ketones is 1. The second-order valence-electron chi connectivity index (χ2n) is 5.21. The van der Waals surface area contributed by atoms with Gasteiger partial charge in [-0.1, -0.05) is 18.5 Å². The van der Waals surface area contributed by atoms with E-state index in [-0.39, 0.29) is 11.9 Å². The molecular formula is C15H20ClNO2. The zero-order valence-electron chi connectivity index (χ0n) is 11.6. The van der Waals surface area contributed by atoms with Gasteiger partial charge in [0.25, 0.3) is 0 Å². The van der Waals surface area contributed by atoms with Crippen molar-refractivity contribution in [2.75, 3.05) is 25.1 Å². The Hall–Kier alpha value is -1.06. The molecule has 2 rings (SSSR count). The molecule has 0 saturated carbocycles. The van der Waals surface area contributed by atoms with Gasteiger partial charge < -0.3 is 9.64 Å². The minimum atomic E-state index is -0.00131. The molecule has 0 radical (unpaired) electrons. The zero-order chi connectivity index (χ0) is 14.0. The number of carbonyl (C=O) groups excluding carboxylic acids is 1. The van der Waals surface area contributed by atoms with Crippen molar-refractivity contribution < 1.29 is 9.53 Å². The maximum absolute atomic E-state index is 11.4. The van der Waals surface area contributed by atoms with Crippen molar-refractivity contribution in [3.8, 4) is 0 Å². The maximum atomic E-state index is 11.4. The summed E-state index contributed by atoms with van der Waals surface area (Å²) in [5.41, 5.74) is 1.64. The molecule has 0 N–H and O–H groups in total. The van der Waals surface area contributed by atoms with Crippen molar-refractivity contribution in [1.29, 1.82) is 0 Å². The molecular weight excluding hydrogens is 262 g/mol. The largest absolute Gasteiger partial charge is 0.379 e. The van der Waals surface area contributed by atoms with E-state index in [4.69, 9.17) is 16.3 Å². The minimum absolute atomic E-state index is 0.00131. The van der Waals surface area contributed by atoms with E-state index in [9.17, 15) is 4.79 Å². The van der Waals surface area contributed by atoms with Crippen molar-refractivity contribution in [2.45, 2.75) is 26.4 Å². The van der Waals surface area contributed by atoms with Gasteiger partial charge in [0.05, 0.1) is 11.1 Å². The average molecular weight is 282 g/mol. The van der Waals surface area contributed by atoms with E-state index in [1.54, 1.807) is 13.2 Å². The van der Waals surface area contributed by atoms with Gasteiger partial charge in [0, 0.05) is 31.5 Å². The van der Waals surface area contributed by atoms with Crippen LogP contribution in [-0.4, -0.2) is 32.1 Å². The molecule has 3 nitrogen and oxygen atoms in total. The molecule has 0 aliphatic carbocycles. The van der Waals surface area contributed by atoms with Crippen LogP contribution >= 0.6 is 11.6 Å². The Kier molecular flexibility index (Phi) is 4.48. The van der Waals surface area contributed by atoms with Gasteiger partial charge in [-0.25, -0.2) is 0 Å². The number of hydrogen-bond acceptors (Lipinski definition) is 3. The molecule has 104 valence electrons. The number of Topliss-reactive ketones (excluding diaryl/α,β-unsaturated/α-hetero) is 1. The van der Waals surface area contributed by atoms with Gasteiger partial charge in [-0.05, 0) is 37.5 Å². The van der Waals surface area contributed by atoms with Gasteiger partial charge in [-0.15, -0.1) is 0 Å². The first-order valence-corrected chi connectivity index (χ1v) is 6.99. The number of hydrogen-bond donors (Lipinski definition) is 0. The maximum Gasteiger partial charge on any atom is 0.161 e. The Morgan fingerprint density at radius 3 is 2.79 bits per heavy atom. The van der Waals surface area contributed by atoms with Crippen LogP contribution in [-0.2, 0) is 4.74 Å². The van der Waals surface area contributed by atoms with Gasteiger partial charge in [0.1, 0.15) is 0 Å². The van der Waals surface area contributed by atoms with E-state index in [0.717, 1.165) is 25.2 Å². The molecule has 1 aromatic carbocycles. The molecule has 0 amide bonds. The molecule has 2 atom stereocenters. The Labute approximate surface area is 119 Å². The van der Waals surface area contributed by atoms with E-state index in [1.807, 2.05) is 12.1 Å². The molecule has 19 heavy (non-hydrogen) atoms. The van der Waals surface area contributed by atoms with Gasteiger partial charge in [-0.2, -0.15) is 0 Å². The summed E-state index contributed by atoms with van der Waals surface area (Å²) in [4.78, 5) is 13.6. The highest BCUT2D eigenvalue weighted by Gasteiger charge is 2.26. The first-order valence-electron chi connectivity index (χ1n) is 6.61. The lowest BCUT2D eigenvalue weighted by molar-refractivity contribution is 0.0498. The van der Waals surface area contributed by atoms with Crippen LogP contribution in [0.5, 0.6) is 0 Å². The number of carbonyl (C=O) groups is 1. The van der Waals surface area contributed by atoms with Crippen molar-refractivity contribution in [1.82, 2.24) is 0 Å². The number of ether oxygens (including phenoxy) is 1. The van der Waals surface area contributed by atoms with Gasteiger partial charge in [-0.3, -0.25) is 4.79 Å². The third-order valence-corrected chi connectivity index (χ3v) is 4.20. The monoisotopic (exact) mass is 281 g/mol. The third kappa shape index (κ3) is 3.10. The number of rotatable bonds is 3. The molecule has 1 aliphatic heterocycles. The highest BCUT2D eigenvalue weighted by Crippen LogP contribution is 2.28. The van der Waals surface area contributed by atoms with Crippen LogP contribution < -0.4 is 4.90 Å². The van der Waals surface area contributed by atoms with Crippen LogP contribution in [0.15, 0.2) is 18.2 Å². The van der Waals surface area contributed by atoms with Crippen LogP contribution in [0.4, 0.5) is 5.69 Å². The minimum Gasteiger partial charge on any atom is -0.379 e. The third-order valence-electron chi connectivity index (χ3n) is 3.89. The zero-order valence-corrected chi connectivity index (χ0v) is 12.4. The molecule has 0 spiro atoms. The lowest BCUT2D eigenvalue weighted by Crippen LogP contribution is -2.43. The lowest BCUT2D eigenvalue weighted by Gasteiger charge is -2.37. The second-order valence-corrected chi connectivity index (χ2v) is 5.61. The number of nitrogens with zero attached hydrogens (tertiary/aromatic N) is 1. The fraction of sp³-hybridized carbons (Fsp3) is 0.533. The topological polar surface area (TPSA) is 29.5 Å². The summed E-state index contributed by atoms with van der Waals surface area (Å²) in [6.07, 6.45) is 1.35. The van der Waals surface area contributed by atoms with E-state index >= 15 is 0 Å². The summed E-state index contributed by atoms with van der Waals surface area (Å²) in [5.74, 6) is 0.576. The summed E-state index contributed by atoms with van der Waals surface area (Å²) >= 11 is 6.16. The summed E-state index contributed by atoms with van der Waals surface area (Å²) in [6.45, 7) is 5.62. The number of anilines is 1. The Bertz CT molecular complexity index is 475. The van der Waals surface area contributed by atoms with Gasteiger partial charge >= 0.3 is 0 Å². The molecule has 4 heteroatoms. The standard InChI is InChI=1S/C15H20ClNO2/c1-10-6-7-17(9-15(10)19-3)12-4-5-13(11(2)18)14(16)8-12/h4-5,8,10,15H,6-7,9H2,1-3H3. The quantitative estimate of drug-likeness (QED) is 0.795. The smallest absolute Gasteiger partial charge is 0.161 e. The van der Waals surface area contributed by atoms with E-state index in [2.05, 4.69) is 11.8 Å². The van der Waals surface area contributed by atoms with Crippen LogP contribution in [0.2, 0.25) is 5.02 Å². The van der Waals surface area contributed by atoms with Crippen LogP contribution in [0.1, 0.15) is 30.6 Å². The summed E-state index contributed by atoms with van der Waals surface area (Å²) < 4.78 is 5.52. The van der Waals surface area contributed by atoms with Crippen molar-refractivity contribution in [3.63, 3.8) is 0 Å². The van der Waals surface area contributed by atoms with Crippen LogP contribution in [0.3, 0.4) is 0 Å². The van der Waals surface area contributed by atoms with Gasteiger partial charge in [0.2, 0.25) is 0 Å². The Morgan fingerprint density at radius 2 is 2.21 bits per heavy atom. The molecule has 1 heterocycles. The summed E-state index contributed by atoms with van der Waals surface area (Å²) in [7, 11) is 1.76. The summed E-state index contributed by atoms with van der Waals surface area (Å²) in [5, 5.41) is 0.526. The number of methoxy groups -OCH3 is 1. The molecule has 0 bridgehead atoms. The molecule has 1 saturated heterocycles. The highest BCUT2D eigenvalue weighted by molar-refractivity contribution is 6.34. The van der Waals surface area contributed by atoms with Gasteiger partial charge in [0.15, 0.2) is 5.78 Å². The number of halogens is 1. The number of benzene rings is 1. The SMILES string of the molecule is COC1CN(c2ccc(C(C)=O)c(Cl)c2)CCC1C. The fourth-order valence-corrected chi connectivity index (χ4v) is 2.87. The van der Waals surface area contributed by atoms with E-state index in [1.165, 1.54) is 6.92 Å². The molecule has 1 aliphatic rings. The molecule has 0 aromatic heterocycles. The number of piperidine rings is 1. The van der Waals surface area contributed by atoms with Crippen molar-refractivity contribution in [2.24, 2.45) is 5.92 Å². The Balaban J connectivity index is 2.18. The first-order chi connectivity index (χ1) is 9.02. The van der Waals surface area contributed by atoms with Crippen molar-refractivity contribution >= 4 is 23.1 Å². The average Bonchev–Trinajstić information content (AvgIpc) is 2.38. The fourth-order valence-electron chi connectivity index (χ4n) is 2.56. The van der Waals surface area contributed by atoms with Crippen LogP contribution in [0, 0.1) is 5.92 Å². The molecule has 2 unspecified atom stereocenters. The molecule has 1 aromatic rings. The van der Waals surface area contributed by atoms with E-state index in [0.29, 0.717) is 16.5 Å². The first kappa shape index (κ1) is 14.4. The van der Waals surface area contributed by atoms with Crippen LogP contribution in [0.25, 0.3) is 0 Å². The lowest BCUT2D eigenvalue weighted by atomic mass is 9.95. The predicted molar refractivity (Wildman–Crippen MR) is 78.2 cm³/mol. The van der Waals surface area contributed by atoms with Crippen molar-refractivity contribution in [3.05, 3.63) is 28.8 Å². The summed E-state index contributed by atoms with van der Waals surface area (Å²) in [6, 6.07) is 5.64. The molecule has 1 fully saturated rings. The highest BCUT2D eigenvalue weighted by atomic mass is 35.5. The normalized spacial score (nSPS) is 23.5. The Morgan fingerprint density at radius 1 is 1.47 bits per heavy atom. The predicted octanol–water partition coefficient (Wildman–Crippen LogP) is 3.40.